The summed E-state index contributed by atoms with van der Waals surface area (Å²) in [6.07, 6.45) is 0. The lowest BCUT2D eigenvalue weighted by molar-refractivity contribution is 0.597. The van der Waals surface area contributed by atoms with Crippen molar-refractivity contribution < 1.29 is 4.65 Å². The molecule has 0 bridgehead atoms. The third-order valence-corrected chi connectivity index (χ3v) is 3.94. The number of nitrogens with zero attached hydrogens (tertiary/aromatic N) is 1. The van der Waals surface area contributed by atoms with Gasteiger partial charge >= 0.3 is 7.05 Å². The van der Waals surface area contributed by atoms with E-state index in [1.165, 1.54) is 27.8 Å². The van der Waals surface area contributed by atoms with E-state index in [-0.39, 0.29) is 7.05 Å². The van der Waals surface area contributed by atoms with Crippen molar-refractivity contribution in [3.63, 3.8) is 0 Å². The average Bonchev–Trinajstić information content (AvgIpc) is 2.69. The molecule has 2 nitrogen and oxygen atoms in total. The molecule has 0 radical (unpaired) electrons. The van der Waals surface area contributed by atoms with Gasteiger partial charge in [0.05, 0.1) is 5.69 Å². The second-order valence-electron chi connectivity index (χ2n) is 5.31. The van der Waals surface area contributed by atoms with Crippen molar-refractivity contribution in [3.8, 4) is 5.75 Å². The SMILES string of the molecule is Cc1cccc2c1OB(c1c(C)cccc1C)N2C. The Balaban J connectivity index is 2.09. The predicted molar refractivity (Wildman–Crippen MR) is 81.5 cm³/mol. The fourth-order valence-corrected chi connectivity index (χ4v) is 2.85. The second kappa shape index (κ2) is 4.34. The summed E-state index contributed by atoms with van der Waals surface area (Å²) in [5.74, 6) is 1.01. The first-order chi connectivity index (χ1) is 9.09. The van der Waals surface area contributed by atoms with Crippen LogP contribution >= 0.6 is 0 Å². The minimum atomic E-state index is -0.0164. The molecule has 0 aliphatic carbocycles. The van der Waals surface area contributed by atoms with E-state index < -0.39 is 0 Å². The van der Waals surface area contributed by atoms with Gasteiger partial charge in [-0.15, -0.1) is 0 Å². The standard InChI is InChI=1S/C16H18BNO/c1-11-7-5-8-12(2)15(11)17-18(4)14-10-6-9-13(3)16(14)19-17/h5-10H,1-4H3. The Morgan fingerprint density at radius 1 is 0.895 bits per heavy atom. The number of benzene rings is 2. The Bertz CT molecular complexity index is 618. The van der Waals surface area contributed by atoms with Gasteiger partial charge in [0.1, 0.15) is 5.75 Å². The summed E-state index contributed by atoms with van der Waals surface area (Å²) in [7, 11) is 2.08. The van der Waals surface area contributed by atoms with Gasteiger partial charge in [0.15, 0.2) is 0 Å². The smallest absolute Gasteiger partial charge is 0.519 e. The van der Waals surface area contributed by atoms with Crippen LogP contribution in [0, 0.1) is 20.8 Å². The number of hydrogen-bond donors (Lipinski definition) is 0. The molecule has 1 aliphatic rings. The summed E-state index contributed by atoms with van der Waals surface area (Å²) < 4.78 is 6.22. The quantitative estimate of drug-likeness (QED) is 0.722. The minimum Gasteiger partial charge on any atom is -0.536 e. The molecular weight excluding hydrogens is 233 g/mol. The highest BCUT2D eigenvalue weighted by molar-refractivity contribution is 6.73. The molecule has 0 atom stereocenters. The lowest BCUT2D eigenvalue weighted by atomic mass is 9.68. The van der Waals surface area contributed by atoms with Crippen LogP contribution in [0.1, 0.15) is 16.7 Å². The van der Waals surface area contributed by atoms with E-state index >= 15 is 0 Å². The molecule has 2 aromatic rings. The molecular formula is C16H18BNO. The molecule has 0 saturated carbocycles. The fraction of sp³-hybridized carbons (Fsp3) is 0.250. The Morgan fingerprint density at radius 2 is 1.47 bits per heavy atom. The van der Waals surface area contributed by atoms with Gasteiger partial charge in [-0.2, -0.15) is 0 Å². The molecule has 0 amide bonds. The Morgan fingerprint density at radius 3 is 2.11 bits per heavy atom. The van der Waals surface area contributed by atoms with E-state index in [2.05, 4.69) is 69.0 Å². The summed E-state index contributed by atoms with van der Waals surface area (Å²) in [5.41, 5.74) is 6.20. The van der Waals surface area contributed by atoms with E-state index in [4.69, 9.17) is 4.65 Å². The number of rotatable bonds is 1. The van der Waals surface area contributed by atoms with E-state index in [9.17, 15) is 0 Å². The lowest BCUT2D eigenvalue weighted by Gasteiger charge is -2.19. The highest BCUT2D eigenvalue weighted by Gasteiger charge is 2.38. The number of anilines is 1. The van der Waals surface area contributed by atoms with Crippen LogP contribution in [-0.4, -0.2) is 14.1 Å². The van der Waals surface area contributed by atoms with Gasteiger partial charge in [0.25, 0.3) is 0 Å². The van der Waals surface area contributed by atoms with Crippen molar-refractivity contribution in [2.24, 2.45) is 0 Å². The lowest BCUT2D eigenvalue weighted by Crippen LogP contribution is -2.49. The van der Waals surface area contributed by atoms with Crippen molar-refractivity contribution in [2.75, 3.05) is 11.9 Å². The van der Waals surface area contributed by atoms with Gasteiger partial charge < -0.3 is 9.47 Å². The largest absolute Gasteiger partial charge is 0.536 e. The van der Waals surface area contributed by atoms with Gasteiger partial charge in [0.2, 0.25) is 0 Å². The van der Waals surface area contributed by atoms with Crippen molar-refractivity contribution >= 4 is 18.2 Å². The van der Waals surface area contributed by atoms with Gasteiger partial charge in [-0.05, 0) is 44.9 Å². The molecule has 0 N–H and O–H groups in total. The van der Waals surface area contributed by atoms with Crippen LogP contribution in [0.5, 0.6) is 5.75 Å². The zero-order valence-corrected chi connectivity index (χ0v) is 11.9. The molecule has 0 spiro atoms. The minimum absolute atomic E-state index is 0.0164. The van der Waals surface area contributed by atoms with Crippen molar-refractivity contribution in [2.45, 2.75) is 20.8 Å². The first-order valence-corrected chi connectivity index (χ1v) is 6.65. The Kier molecular flexibility index (Phi) is 2.77. The topological polar surface area (TPSA) is 12.5 Å². The van der Waals surface area contributed by atoms with Crippen LogP contribution in [0.2, 0.25) is 0 Å². The molecule has 96 valence electrons. The summed E-state index contributed by atoms with van der Waals surface area (Å²) in [5, 5.41) is 0. The van der Waals surface area contributed by atoms with Gasteiger partial charge in [-0.1, -0.05) is 41.5 Å². The predicted octanol–water partition coefficient (Wildman–Crippen LogP) is 2.84. The highest BCUT2D eigenvalue weighted by atomic mass is 16.5. The highest BCUT2D eigenvalue weighted by Crippen LogP contribution is 2.37. The monoisotopic (exact) mass is 251 g/mol. The van der Waals surface area contributed by atoms with Gasteiger partial charge in [0, 0.05) is 0 Å². The maximum absolute atomic E-state index is 6.22. The van der Waals surface area contributed by atoms with Crippen LogP contribution in [0.25, 0.3) is 0 Å². The first kappa shape index (κ1) is 12.2. The van der Waals surface area contributed by atoms with E-state index in [1.807, 2.05) is 0 Å². The maximum Gasteiger partial charge on any atom is 0.519 e. The molecule has 0 saturated heterocycles. The molecule has 2 aromatic carbocycles. The normalized spacial score (nSPS) is 13.5. The fourth-order valence-electron chi connectivity index (χ4n) is 2.85. The molecule has 3 rings (SSSR count). The van der Waals surface area contributed by atoms with E-state index in [0.29, 0.717) is 0 Å². The van der Waals surface area contributed by atoms with E-state index in [0.717, 1.165) is 5.75 Å². The third kappa shape index (κ3) is 1.81. The van der Waals surface area contributed by atoms with Crippen LogP contribution in [0.4, 0.5) is 5.69 Å². The van der Waals surface area contributed by atoms with Gasteiger partial charge in [-0.3, -0.25) is 0 Å². The Labute approximate surface area is 115 Å². The number of hydrogen-bond acceptors (Lipinski definition) is 2. The zero-order chi connectivity index (χ0) is 13.6. The van der Waals surface area contributed by atoms with Crippen molar-refractivity contribution in [1.82, 2.24) is 0 Å². The molecule has 0 unspecified atom stereocenters. The average molecular weight is 251 g/mol. The summed E-state index contributed by atoms with van der Waals surface area (Å²) in [6.45, 7) is 6.39. The molecule has 3 heteroatoms. The summed E-state index contributed by atoms with van der Waals surface area (Å²) in [6, 6.07) is 12.7. The Hall–Kier alpha value is -1.90. The zero-order valence-electron chi connectivity index (χ0n) is 11.9. The first-order valence-electron chi connectivity index (χ1n) is 6.65. The molecule has 1 heterocycles. The van der Waals surface area contributed by atoms with Crippen molar-refractivity contribution in [1.29, 1.82) is 0 Å². The second-order valence-corrected chi connectivity index (χ2v) is 5.31. The van der Waals surface area contributed by atoms with Crippen LogP contribution in [0.15, 0.2) is 36.4 Å². The van der Waals surface area contributed by atoms with Crippen LogP contribution in [0.3, 0.4) is 0 Å². The van der Waals surface area contributed by atoms with Crippen molar-refractivity contribution in [3.05, 3.63) is 53.1 Å². The van der Waals surface area contributed by atoms with Crippen LogP contribution < -0.4 is 14.9 Å². The molecule has 19 heavy (non-hydrogen) atoms. The molecule has 1 aliphatic heterocycles. The van der Waals surface area contributed by atoms with Crippen LogP contribution in [-0.2, 0) is 0 Å². The van der Waals surface area contributed by atoms with Gasteiger partial charge in [-0.25, -0.2) is 0 Å². The number of aryl methyl sites for hydroxylation is 3. The third-order valence-electron chi connectivity index (χ3n) is 3.94. The summed E-state index contributed by atoms with van der Waals surface area (Å²) >= 11 is 0. The molecule has 0 fully saturated rings. The molecule has 0 aromatic heterocycles. The summed E-state index contributed by atoms with van der Waals surface area (Å²) in [4.78, 5) is 2.22. The number of fused-ring (bicyclic) bond motifs is 1. The maximum atomic E-state index is 6.22. The number of para-hydroxylation sites is 1. The van der Waals surface area contributed by atoms with E-state index in [1.54, 1.807) is 0 Å².